The van der Waals surface area contributed by atoms with E-state index in [9.17, 15) is 4.79 Å². The predicted molar refractivity (Wildman–Crippen MR) is 54.0 cm³/mol. The minimum Gasteiger partial charge on any atom is -0.370 e. The Labute approximate surface area is 79.9 Å². The van der Waals surface area contributed by atoms with Crippen molar-refractivity contribution >= 4 is 28.5 Å². The van der Waals surface area contributed by atoms with Crippen LogP contribution in [-0.2, 0) is 4.79 Å². The lowest BCUT2D eigenvalue weighted by molar-refractivity contribution is -0.115. The van der Waals surface area contributed by atoms with E-state index in [4.69, 9.17) is 0 Å². The number of halogens is 1. The monoisotopic (exact) mass is 263 g/mol. The smallest absolute Gasteiger partial charge is 0.214 e. The molecule has 60 valence electrons. The molecule has 0 saturated heterocycles. The van der Waals surface area contributed by atoms with Crippen molar-refractivity contribution in [3.63, 3.8) is 0 Å². The number of nitrogens with two attached hydrogens (primary N) is 1. The molecule has 2 N–H and O–H groups in total. The number of hydrogen-bond donors (Lipinski definition) is 1. The number of carbonyl (C=O) groups excluding carboxylic acids is 1. The van der Waals surface area contributed by atoms with E-state index in [2.05, 4.69) is 40.5 Å². The quantitative estimate of drug-likeness (QED) is 0.712. The molecule has 0 aliphatic rings. The molecule has 1 aromatic rings. The summed E-state index contributed by atoms with van der Waals surface area (Å²) >= 11 is 2.28. The largest absolute Gasteiger partial charge is 0.370 e. The van der Waals surface area contributed by atoms with Gasteiger partial charge < -0.3 is 5.73 Å². The fourth-order valence-electron chi connectivity index (χ4n) is 0.415. The molecule has 1 rings (SSSR count). The Kier molecular flexibility index (Phi) is 5.83. The summed E-state index contributed by atoms with van der Waals surface area (Å²) in [7, 11) is 0. The molecule has 1 aromatic carbocycles. The Morgan fingerprint density at radius 1 is 1.36 bits per heavy atom. The maximum Gasteiger partial charge on any atom is 0.214 e. The molecule has 11 heavy (non-hydrogen) atoms. The van der Waals surface area contributed by atoms with Crippen molar-refractivity contribution < 1.29 is 4.79 Å². The maximum atomic E-state index is 9.22. The van der Waals surface area contributed by atoms with E-state index < -0.39 is 0 Å². The molecule has 0 bridgehead atoms. The zero-order valence-corrected chi connectivity index (χ0v) is 8.41. The first kappa shape index (κ1) is 10.4. The van der Waals surface area contributed by atoms with E-state index in [1.165, 1.54) is 10.5 Å². The third kappa shape index (κ3) is 9.42. The first-order chi connectivity index (χ1) is 5.13. The third-order valence-electron chi connectivity index (χ3n) is 0.733. The molecule has 0 unspecified atom stereocenters. The van der Waals surface area contributed by atoms with E-state index in [1.54, 1.807) is 0 Å². The van der Waals surface area contributed by atoms with Gasteiger partial charge in [-0.1, -0.05) is 18.2 Å². The van der Waals surface area contributed by atoms with E-state index in [1.807, 2.05) is 18.2 Å². The van der Waals surface area contributed by atoms with Crippen molar-refractivity contribution in [2.45, 2.75) is 6.92 Å². The van der Waals surface area contributed by atoms with Crippen LogP contribution >= 0.6 is 22.6 Å². The van der Waals surface area contributed by atoms with Gasteiger partial charge in [0.15, 0.2) is 0 Å². The first-order valence-electron chi connectivity index (χ1n) is 3.09. The molecule has 0 spiro atoms. The topological polar surface area (TPSA) is 43.1 Å². The fourth-order valence-corrected chi connectivity index (χ4v) is 0.830. The van der Waals surface area contributed by atoms with Crippen LogP contribution in [0.25, 0.3) is 0 Å². The van der Waals surface area contributed by atoms with E-state index in [0.717, 1.165) is 0 Å². The van der Waals surface area contributed by atoms with Crippen molar-refractivity contribution in [1.82, 2.24) is 0 Å². The maximum absolute atomic E-state index is 9.22. The highest BCUT2D eigenvalue weighted by Crippen LogP contribution is 1.99. The number of primary amides is 1. The number of benzene rings is 1. The zero-order chi connectivity index (χ0) is 8.69. The third-order valence-corrected chi connectivity index (χ3v) is 1.45. The van der Waals surface area contributed by atoms with Crippen molar-refractivity contribution in [2.75, 3.05) is 0 Å². The summed E-state index contributed by atoms with van der Waals surface area (Å²) in [6.45, 7) is 1.31. The molecular formula is C8H10INO. The molecule has 3 heteroatoms. The van der Waals surface area contributed by atoms with Gasteiger partial charge in [-0.2, -0.15) is 0 Å². The fraction of sp³-hybridized carbons (Fsp3) is 0.125. The summed E-state index contributed by atoms with van der Waals surface area (Å²) < 4.78 is 1.29. The van der Waals surface area contributed by atoms with Gasteiger partial charge in [-0.15, -0.1) is 0 Å². The molecule has 0 aliphatic heterocycles. The van der Waals surface area contributed by atoms with Gasteiger partial charge in [-0.25, -0.2) is 0 Å². The van der Waals surface area contributed by atoms with Crippen molar-refractivity contribution in [2.24, 2.45) is 5.73 Å². The molecule has 0 heterocycles. The van der Waals surface area contributed by atoms with Gasteiger partial charge in [0, 0.05) is 10.5 Å². The standard InChI is InChI=1S/C6H5I.C2H5NO/c7-6-4-2-1-3-5-6;1-2(3)4/h1-5H;1H3,(H2,3,4). The minimum absolute atomic E-state index is 0.333. The highest BCUT2D eigenvalue weighted by molar-refractivity contribution is 14.1. The van der Waals surface area contributed by atoms with Gasteiger partial charge >= 0.3 is 0 Å². The van der Waals surface area contributed by atoms with Gasteiger partial charge in [0.05, 0.1) is 0 Å². The second-order valence-corrected chi connectivity index (χ2v) is 3.15. The van der Waals surface area contributed by atoms with Gasteiger partial charge in [0.1, 0.15) is 0 Å². The summed E-state index contributed by atoms with van der Waals surface area (Å²) in [5.41, 5.74) is 4.47. The van der Waals surface area contributed by atoms with Crippen LogP contribution < -0.4 is 5.73 Å². The van der Waals surface area contributed by atoms with E-state index >= 15 is 0 Å². The van der Waals surface area contributed by atoms with Crippen LogP contribution in [0.5, 0.6) is 0 Å². The molecule has 0 radical (unpaired) electrons. The Balaban J connectivity index is 0.000000218. The minimum atomic E-state index is -0.333. The van der Waals surface area contributed by atoms with Crippen LogP contribution in [0.15, 0.2) is 30.3 Å². The SMILES string of the molecule is CC(N)=O.Ic1ccccc1. The van der Waals surface area contributed by atoms with Crippen LogP contribution in [-0.4, -0.2) is 5.91 Å². The number of rotatable bonds is 0. The van der Waals surface area contributed by atoms with Gasteiger partial charge in [-0.3, -0.25) is 4.79 Å². The molecule has 0 atom stereocenters. The molecule has 2 nitrogen and oxygen atoms in total. The average molecular weight is 263 g/mol. The highest BCUT2D eigenvalue weighted by Gasteiger charge is 1.74. The van der Waals surface area contributed by atoms with Crippen molar-refractivity contribution in [1.29, 1.82) is 0 Å². The van der Waals surface area contributed by atoms with Gasteiger partial charge in [0.25, 0.3) is 0 Å². The average Bonchev–Trinajstić information content (AvgIpc) is 1.87. The second kappa shape index (κ2) is 6.15. The van der Waals surface area contributed by atoms with E-state index in [0.29, 0.717) is 0 Å². The normalized spacial score (nSPS) is 7.82. The summed E-state index contributed by atoms with van der Waals surface area (Å²) in [5.74, 6) is -0.333. The summed E-state index contributed by atoms with van der Waals surface area (Å²) in [6, 6.07) is 10.2. The number of amides is 1. The zero-order valence-electron chi connectivity index (χ0n) is 6.25. The molecule has 0 aliphatic carbocycles. The predicted octanol–water partition coefficient (Wildman–Crippen LogP) is 1.78. The molecule has 1 amide bonds. The van der Waals surface area contributed by atoms with E-state index in [-0.39, 0.29) is 5.91 Å². The lowest BCUT2D eigenvalue weighted by Gasteiger charge is -1.80. The van der Waals surface area contributed by atoms with Crippen LogP contribution in [0, 0.1) is 3.57 Å². The second-order valence-electron chi connectivity index (χ2n) is 1.91. The molecule has 0 saturated carbocycles. The summed E-state index contributed by atoms with van der Waals surface area (Å²) in [4.78, 5) is 9.22. The molecule has 0 aromatic heterocycles. The van der Waals surface area contributed by atoms with Crippen LogP contribution in [0.1, 0.15) is 6.92 Å². The van der Waals surface area contributed by atoms with Crippen LogP contribution in [0.2, 0.25) is 0 Å². The Hall–Kier alpha value is -0.580. The Bertz CT molecular complexity index is 207. The van der Waals surface area contributed by atoms with Crippen molar-refractivity contribution in [3.05, 3.63) is 33.9 Å². The highest BCUT2D eigenvalue weighted by atomic mass is 127. The summed E-state index contributed by atoms with van der Waals surface area (Å²) in [6.07, 6.45) is 0. The first-order valence-corrected chi connectivity index (χ1v) is 4.17. The lowest BCUT2D eigenvalue weighted by Crippen LogP contribution is -2.01. The Morgan fingerprint density at radius 3 is 1.91 bits per heavy atom. The van der Waals surface area contributed by atoms with Gasteiger partial charge in [-0.05, 0) is 34.7 Å². The number of hydrogen-bond acceptors (Lipinski definition) is 1. The van der Waals surface area contributed by atoms with Crippen molar-refractivity contribution in [3.8, 4) is 0 Å². The lowest BCUT2D eigenvalue weighted by atomic mass is 10.4. The Morgan fingerprint density at radius 2 is 1.73 bits per heavy atom. The molecular weight excluding hydrogens is 253 g/mol. The van der Waals surface area contributed by atoms with Crippen LogP contribution in [0.4, 0.5) is 0 Å². The molecule has 0 fully saturated rings. The summed E-state index contributed by atoms with van der Waals surface area (Å²) in [5, 5.41) is 0. The van der Waals surface area contributed by atoms with Gasteiger partial charge in [0.2, 0.25) is 5.91 Å². The number of carbonyl (C=O) groups is 1. The van der Waals surface area contributed by atoms with Crippen LogP contribution in [0.3, 0.4) is 0 Å².